The van der Waals surface area contributed by atoms with Crippen LogP contribution < -0.4 is 11.1 Å². The molecule has 0 aliphatic carbocycles. The van der Waals surface area contributed by atoms with E-state index < -0.39 is 5.63 Å². The molecule has 0 fully saturated rings. The van der Waals surface area contributed by atoms with Crippen molar-refractivity contribution in [1.82, 2.24) is 15.0 Å². The van der Waals surface area contributed by atoms with E-state index in [4.69, 9.17) is 14.9 Å². The lowest BCUT2D eigenvalue weighted by molar-refractivity contribution is 0.552. The predicted molar refractivity (Wildman–Crippen MR) is 97.2 cm³/mol. The Balaban J connectivity index is 1.78. The molecule has 0 atom stereocenters. The van der Waals surface area contributed by atoms with Crippen molar-refractivity contribution in [1.29, 1.82) is 10.5 Å². The van der Waals surface area contributed by atoms with Gasteiger partial charge in [-0.25, -0.2) is 9.48 Å². The zero-order chi connectivity index (χ0) is 18.8. The van der Waals surface area contributed by atoms with Gasteiger partial charge in [0.25, 0.3) is 0 Å². The maximum absolute atomic E-state index is 12.5. The molecule has 2 aromatic carbocycles. The Morgan fingerprint density at radius 3 is 2.78 bits per heavy atom. The molecule has 128 valence electrons. The van der Waals surface area contributed by atoms with Gasteiger partial charge in [-0.3, -0.25) is 5.43 Å². The van der Waals surface area contributed by atoms with Gasteiger partial charge in [0.1, 0.15) is 23.2 Å². The number of anilines is 1. The van der Waals surface area contributed by atoms with E-state index in [-0.39, 0.29) is 11.4 Å². The highest BCUT2D eigenvalue weighted by Gasteiger charge is 2.12. The third-order valence-electron chi connectivity index (χ3n) is 3.81. The Morgan fingerprint density at radius 2 is 1.96 bits per heavy atom. The van der Waals surface area contributed by atoms with Crippen LogP contribution in [0.3, 0.4) is 0 Å². The van der Waals surface area contributed by atoms with Gasteiger partial charge in [0.15, 0.2) is 5.69 Å². The fourth-order valence-corrected chi connectivity index (χ4v) is 2.56. The highest BCUT2D eigenvalue weighted by molar-refractivity contribution is 6.10. The number of fused-ring (bicyclic) bond motifs is 2. The second-order valence-corrected chi connectivity index (χ2v) is 5.46. The summed E-state index contributed by atoms with van der Waals surface area (Å²) < 4.78 is 6.84. The zero-order valence-electron chi connectivity index (χ0n) is 13.6. The van der Waals surface area contributed by atoms with Gasteiger partial charge in [-0.2, -0.15) is 15.6 Å². The number of hydrazone groups is 1. The first-order chi connectivity index (χ1) is 13.2. The van der Waals surface area contributed by atoms with E-state index in [9.17, 15) is 4.79 Å². The number of aromatic nitrogens is 3. The molecule has 0 bridgehead atoms. The van der Waals surface area contributed by atoms with E-state index in [1.807, 2.05) is 18.2 Å². The number of hydrogen-bond donors (Lipinski definition) is 1. The number of nitrogens with zero attached hydrogens (tertiary/aromatic N) is 6. The molecule has 4 rings (SSSR count). The number of para-hydroxylation sites is 1. The minimum Gasteiger partial charge on any atom is -0.421 e. The van der Waals surface area contributed by atoms with Crippen molar-refractivity contribution in [3.63, 3.8) is 0 Å². The van der Waals surface area contributed by atoms with E-state index >= 15 is 0 Å². The normalized spacial score (nSPS) is 10.3. The smallest absolute Gasteiger partial charge is 0.362 e. The van der Waals surface area contributed by atoms with Gasteiger partial charge >= 0.3 is 5.63 Å². The van der Waals surface area contributed by atoms with Gasteiger partial charge in [-0.05, 0) is 30.3 Å². The van der Waals surface area contributed by atoms with Gasteiger partial charge in [-0.1, -0.05) is 17.3 Å². The summed E-state index contributed by atoms with van der Waals surface area (Å²) in [6.07, 6.45) is 0. The van der Waals surface area contributed by atoms with Crippen molar-refractivity contribution in [2.24, 2.45) is 5.10 Å². The molecule has 27 heavy (non-hydrogen) atoms. The molecule has 0 aliphatic rings. The Hall–Kier alpha value is -4.50. The molecule has 0 saturated heterocycles. The van der Waals surface area contributed by atoms with E-state index in [0.717, 1.165) is 0 Å². The highest BCUT2D eigenvalue weighted by atomic mass is 16.4. The molecule has 0 radical (unpaired) electrons. The minimum absolute atomic E-state index is 0.242. The maximum Gasteiger partial charge on any atom is 0.362 e. The van der Waals surface area contributed by atoms with Gasteiger partial charge in [0.05, 0.1) is 11.2 Å². The monoisotopic (exact) mass is 355 g/mol. The van der Waals surface area contributed by atoms with Crippen LogP contribution in [0, 0.1) is 22.7 Å². The summed E-state index contributed by atoms with van der Waals surface area (Å²) in [6.45, 7) is 0. The van der Waals surface area contributed by atoms with Crippen LogP contribution in [0.5, 0.6) is 0 Å². The van der Waals surface area contributed by atoms with Crippen LogP contribution in [-0.2, 0) is 0 Å². The molecule has 2 heterocycles. The lowest BCUT2D eigenvalue weighted by atomic mass is 10.2. The summed E-state index contributed by atoms with van der Waals surface area (Å²) in [5, 5.41) is 29.8. The number of nitriles is 2. The minimum atomic E-state index is -0.575. The summed E-state index contributed by atoms with van der Waals surface area (Å²) in [6, 6.07) is 17.2. The van der Waals surface area contributed by atoms with E-state index in [2.05, 4.69) is 20.8 Å². The van der Waals surface area contributed by atoms with Crippen molar-refractivity contribution in [3.05, 3.63) is 59.0 Å². The van der Waals surface area contributed by atoms with Gasteiger partial charge in [0, 0.05) is 11.5 Å². The Labute approximate surface area is 151 Å². The first-order valence-corrected chi connectivity index (χ1v) is 7.72. The van der Waals surface area contributed by atoms with Crippen molar-refractivity contribution < 1.29 is 4.42 Å². The van der Waals surface area contributed by atoms with Crippen molar-refractivity contribution in [3.8, 4) is 17.8 Å². The van der Waals surface area contributed by atoms with Gasteiger partial charge in [0.2, 0.25) is 5.71 Å². The van der Waals surface area contributed by atoms with Crippen LogP contribution >= 0.6 is 0 Å². The van der Waals surface area contributed by atoms with Crippen LogP contribution in [0.1, 0.15) is 0 Å². The van der Waals surface area contributed by atoms with Crippen molar-refractivity contribution in [2.75, 3.05) is 5.43 Å². The first-order valence-electron chi connectivity index (χ1n) is 7.72. The van der Waals surface area contributed by atoms with Gasteiger partial charge < -0.3 is 4.42 Å². The molecule has 1 N–H and O–H groups in total. The summed E-state index contributed by atoms with van der Waals surface area (Å²) >= 11 is 0. The van der Waals surface area contributed by atoms with Crippen LogP contribution in [0.2, 0.25) is 0 Å². The number of benzene rings is 2. The van der Waals surface area contributed by atoms with E-state index in [1.165, 1.54) is 4.68 Å². The fourth-order valence-electron chi connectivity index (χ4n) is 2.56. The maximum atomic E-state index is 12.5. The molecule has 0 saturated carbocycles. The fraction of sp³-hybridized carbons (Fsp3) is 0. The molecule has 0 aliphatic heterocycles. The van der Waals surface area contributed by atoms with Crippen LogP contribution in [-0.4, -0.2) is 20.7 Å². The quantitative estimate of drug-likeness (QED) is 0.339. The van der Waals surface area contributed by atoms with Crippen molar-refractivity contribution >= 4 is 33.4 Å². The van der Waals surface area contributed by atoms with Crippen LogP contribution in [0.25, 0.3) is 27.7 Å². The molecule has 0 unspecified atom stereocenters. The standard InChI is InChI=1S/C18H9N7O2/c19-9-13(10-20)22-21-12-6-5-11-7-16(18(26)27-17(11)8-12)25-15-4-2-1-3-14(15)23-24-25/h1-8,21H. The zero-order valence-corrected chi connectivity index (χ0v) is 13.6. The first kappa shape index (κ1) is 16.0. The summed E-state index contributed by atoms with van der Waals surface area (Å²) in [5.74, 6) is 0. The summed E-state index contributed by atoms with van der Waals surface area (Å²) in [5.41, 5.74) is 4.08. The molecule has 0 spiro atoms. The number of hydrogen-bond acceptors (Lipinski definition) is 8. The molecule has 9 heteroatoms. The average molecular weight is 355 g/mol. The van der Waals surface area contributed by atoms with Crippen LogP contribution in [0.15, 0.2) is 62.8 Å². The third-order valence-corrected chi connectivity index (χ3v) is 3.81. The third kappa shape index (κ3) is 2.86. The topological polar surface area (TPSA) is 133 Å². The Morgan fingerprint density at radius 1 is 1.15 bits per heavy atom. The SMILES string of the molecule is N#CC(C#N)=NNc1ccc2cc(-n3nnc4ccccc43)c(=O)oc2c1. The number of rotatable bonds is 3. The van der Waals surface area contributed by atoms with Crippen molar-refractivity contribution in [2.45, 2.75) is 0 Å². The molecular formula is C18H9N7O2. The predicted octanol–water partition coefficient (Wildman–Crippen LogP) is 2.34. The lowest BCUT2D eigenvalue weighted by Gasteiger charge is -2.05. The van der Waals surface area contributed by atoms with Gasteiger partial charge in [-0.15, -0.1) is 5.10 Å². The largest absolute Gasteiger partial charge is 0.421 e. The van der Waals surface area contributed by atoms with E-state index in [0.29, 0.717) is 27.7 Å². The molecular weight excluding hydrogens is 346 g/mol. The highest BCUT2D eigenvalue weighted by Crippen LogP contribution is 2.21. The molecule has 0 amide bonds. The summed E-state index contributed by atoms with van der Waals surface area (Å²) in [4.78, 5) is 12.5. The van der Waals surface area contributed by atoms with E-state index in [1.54, 1.807) is 42.5 Å². The Bertz CT molecular complexity index is 1340. The van der Waals surface area contributed by atoms with Crippen LogP contribution in [0.4, 0.5) is 5.69 Å². The summed E-state index contributed by atoms with van der Waals surface area (Å²) in [7, 11) is 0. The second-order valence-electron chi connectivity index (χ2n) is 5.46. The molecule has 2 aromatic heterocycles. The number of nitrogens with one attached hydrogen (secondary N) is 1. The molecule has 4 aromatic rings. The molecule has 9 nitrogen and oxygen atoms in total. The lowest BCUT2D eigenvalue weighted by Crippen LogP contribution is -2.11. The Kier molecular flexibility index (Phi) is 3.81. The average Bonchev–Trinajstić information content (AvgIpc) is 3.12. The second kappa shape index (κ2) is 6.43.